The van der Waals surface area contributed by atoms with Gasteiger partial charge < -0.3 is 14.9 Å². The number of ether oxygens (including phenoxy) is 1. The Bertz CT molecular complexity index is 1400. The van der Waals surface area contributed by atoms with E-state index in [9.17, 15) is 9.59 Å². The van der Waals surface area contributed by atoms with Gasteiger partial charge >= 0.3 is 11.9 Å². The Hall–Kier alpha value is -4.36. The quantitative estimate of drug-likeness (QED) is 0.255. The Morgan fingerprint density at radius 3 is 1.54 bits per heavy atom. The number of carboxylic acids is 2. The predicted octanol–water partition coefficient (Wildman–Crippen LogP) is 6.60. The number of pyridine rings is 2. The molecular weight excluding hydrogens is 468 g/mol. The van der Waals surface area contributed by atoms with Gasteiger partial charge in [0.05, 0.1) is 47.5 Å². The van der Waals surface area contributed by atoms with Gasteiger partial charge in [0.25, 0.3) is 0 Å². The number of fused-ring (bicyclic) bond motifs is 2. The van der Waals surface area contributed by atoms with Gasteiger partial charge in [0.1, 0.15) is 0 Å². The first-order chi connectivity index (χ1) is 17.8. The fraction of sp³-hybridized carbons (Fsp3) is 0.200. The molecule has 188 valence electrons. The maximum absolute atomic E-state index is 10.7. The molecule has 7 heteroatoms. The van der Waals surface area contributed by atoms with Crippen molar-refractivity contribution in [2.45, 2.75) is 38.9 Å². The first-order valence-electron chi connectivity index (χ1n) is 12.0. The van der Waals surface area contributed by atoms with E-state index in [-0.39, 0.29) is 25.0 Å². The minimum Gasteiger partial charge on any atom is -0.481 e. The van der Waals surface area contributed by atoms with E-state index in [0.717, 1.165) is 44.3 Å². The molecule has 37 heavy (non-hydrogen) atoms. The van der Waals surface area contributed by atoms with Crippen LogP contribution < -0.4 is 0 Å². The number of rotatable bonds is 10. The molecular formula is C30H28N2O5. The van der Waals surface area contributed by atoms with Crippen molar-refractivity contribution in [1.29, 1.82) is 0 Å². The van der Waals surface area contributed by atoms with E-state index in [0.29, 0.717) is 0 Å². The molecule has 2 atom stereocenters. The molecule has 4 aromatic rings. The zero-order valence-electron chi connectivity index (χ0n) is 20.7. The third kappa shape index (κ3) is 6.86. The first-order valence-corrected chi connectivity index (χ1v) is 12.0. The molecule has 0 saturated heterocycles. The van der Waals surface area contributed by atoms with E-state index in [1.54, 1.807) is 24.3 Å². The van der Waals surface area contributed by atoms with E-state index in [2.05, 4.69) is 0 Å². The number of aliphatic carboxylic acids is 2. The number of aromatic nitrogens is 2. The van der Waals surface area contributed by atoms with Crippen LogP contribution in [0.5, 0.6) is 0 Å². The van der Waals surface area contributed by atoms with Gasteiger partial charge in [-0.25, -0.2) is 0 Å². The SMILES string of the molecule is C[C@@H](O[C@H](C)c1ccc2ccc(/C=C/CC(=O)O)cc2n1)c1ccc2ccc(/C=C/CC(=O)O)cc2n1. The number of carboxylic acid groups (broad SMARTS) is 2. The van der Waals surface area contributed by atoms with Gasteiger partial charge in [-0.1, -0.05) is 60.7 Å². The van der Waals surface area contributed by atoms with Crippen LogP contribution in [0.1, 0.15) is 61.4 Å². The molecule has 7 nitrogen and oxygen atoms in total. The molecule has 0 aliphatic heterocycles. The molecule has 0 bridgehead atoms. The predicted molar refractivity (Wildman–Crippen MR) is 144 cm³/mol. The molecule has 0 fully saturated rings. The molecule has 0 aliphatic rings. The van der Waals surface area contributed by atoms with Crippen LogP contribution in [0.3, 0.4) is 0 Å². The number of hydrogen-bond donors (Lipinski definition) is 2. The lowest BCUT2D eigenvalue weighted by Crippen LogP contribution is -2.08. The Balaban J connectivity index is 1.50. The second kappa shape index (κ2) is 11.6. The minimum atomic E-state index is -0.869. The maximum Gasteiger partial charge on any atom is 0.307 e. The highest BCUT2D eigenvalue weighted by molar-refractivity contribution is 5.82. The molecule has 0 spiro atoms. The fourth-order valence-electron chi connectivity index (χ4n) is 4.00. The molecule has 0 unspecified atom stereocenters. The van der Waals surface area contributed by atoms with Gasteiger partial charge in [-0.3, -0.25) is 19.6 Å². The average molecular weight is 497 g/mol. The van der Waals surface area contributed by atoms with Crippen LogP contribution in [0, 0.1) is 0 Å². The summed E-state index contributed by atoms with van der Waals surface area (Å²) in [6.07, 6.45) is 6.17. The molecule has 4 rings (SSSR count). The van der Waals surface area contributed by atoms with Crippen molar-refractivity contribution in [3.63, 3.8) is 0 Å². The van der Waals surface area contributed by atoms with E-state index in [4.69, 9.17) is 24.9 Å². The highest BCUT2D eigenvalue weighted by atomic mass is 16.5. The summed E-state index contributed by atoms with van der Waals surface area (Å²) in [5.41, 5.74) is 4.97. The molecule has 2 N–H and O–H groups in total. The van der Waals surface area contributed by atoms with Crippen LogP contribution >= 0.6 is 0 Å². The number of nitrogens with zero attached hydrogens (tertiary/aromatic N) is 2. The highest BCUT2D eigenvalue weighted by Gasteiger charge is 2.16. The molecule has 0 radical (unpaired) electrons. The van der Waals surface area contributed by atoms with Crippen molar-refractivity contribution < 1.29 is 24.5 Å². The summed E-state index contributed by atoms with van der Waals surface area (Å²) in [6.45, 7) is 3.90. The summed E-state index contributed by atoms with van der Waals surface area (Å²) in [5, 5.41) is 19.6. The van der Waals surface area contributed by atoms with Gasteiger partial charge in [0.2, 0.25) is 0 Å². The average Bonchev–Trinajstić information content (AvgIpc) is 2.87. The minimum absolute atomic E-state index is 0.0280. The fourth-order valence-corrected chi connectivity index (χ4v) is 4.00. The van der Waals surface area contributed by atoms with E-state index < -0.39 is 11.9 Å². The second-order valence-electron chi connectivity index (χ2n) is 8.80. The summed E-state index contributed by atoms with van der Waals surface area (Å²) >= 11 is 0. The van der Waals surface area contributed by atoms with Crippen LogP contribution in [0.2, 0.25) is 0 Å². The van der Waals surface area contributed by atoms with E-state index in [1.807, 2.05) is 74.5 Å². The smallest absolute Gasteiger partial charge is 0.307 e. The normalized spacial score (nSPS) is 13.5. The third-order valence-electron chi connectivity index (χ3n) is 5.92. The second-order valence-corrected chi connectivity index (χ2v) is 8.80. The van der Waals surface area contributed by atoms with Crippen LogP contribution in [-0.4, -0.2) is 32.1 Å². The molecule has 2 heterocycles. The summed E-state index contributed by atoms with van der Waals surface area (Å²) in [7, 11) is 0. The standard InChI is InChI=1S/C30H28N2O5/c1-19(25-15-13-23-11-9-21(17-27(23)31-25)5-3-7-29(33)34)37-20(2)26-16-14-24-12-10-22(18-28(24)32-26)6-4-8-30(35)36/h3-6,9-20H,7-8H2,1-2H3,(H,33,34)(H,35,36)/b5-3+,6-4+/t19-,20-/m1/s1. The molecule has 2 aromatic carbocycles. The molecule has 0 saturated carbocycles. The van der Waals surface area contributed by atoms with Gasteiger partial charge in [0.15, 0.2) is 0 Å². The monoisotopic (exact) mass is 496 g/mol. The van der Waals surface area contributed by atoms with Crippen molar-refractivity contribution in [2.75, 3.05) is 0 Å². The van der Waals surface area contributed by atoms with Gasteiger partial charge in [0, 0.05) is 10.8 Å². The van der Waals surface area contributed by atoms with Gasteiger partial charge in [-0.15, -0.1) is 0 Å². The lowest BCUT2D eigenvalue weighted by Gasteiger charge is -2.19. The van der Waals surface area contributed by atoms with Crippen molar-refractivity contribution in [3.8, 4) is 0 Å². The van der Waals surface area contributed by atoms with Crippen LogP contribution in [0.4, 0.5) is 0 Å². The van der Waals surface area contributed by atoms with Crippen molar-refractivity contribution >= 4 is 45.9 Å². The first kappa shape index (κ1) is 25.7. The highest BCUT2D eigenvalue weighted by Crippen LogP contribution is 2.27. The Morgan fingerprint density at radius 1 is 0.730 bits per heavy atom. The summed E-state index contributed by atoms with van der Waals surface area (Å²) in [5.74, 6) is -1.74. The third-order valence-corrected chi connectivity index (χ3v) is 5.92. The van der Waals surface area contributed by atoms with Crippen LogP contribution in [-0.2, 0) is 14.3 Å². The zero-order valence-corrected chi connectivity index (χ0v) is 20.7. The zero-order chi connectivity index (χ0) is 26.4. The molecule has 0 amide bonds. The summed E-state index contributed by atoms with van der Waals surface area (Å²) in [4.78, 5) is 31.1. The van der Waals surface area contributed by atoms with Gasteiger partial charge in [-0.05, 0) is 49.2 Å². The van der Waals surface area contributed by atoms with E-state index >= 15 is 0 Å². The van der Waals surface area contributed by atoms with Crippen LogP contribution in [0.25, 0.3) is 34.0 Å². The van der Waals surface area contributed by atoms with Crippen molar-refractivity contribution in [1.82, 2.24) is 9.97 Å². The van der Waals surface area contributed by atoms with Crippen molar-refractivity contribution in [2.24, 2.45) is 0 Å². The van der Waals surface area contributed by atoms with Crippen LogP contribution in [0.15, 0.2) is 72.8 Å². The summed E-state index contributed by atoms with van der Waals surface area (Å²) < 4.78 is 6.28. The largest absolute Gasteiger partial charge is 0.481 e. The Morgan fingerprint density at radius 2 is 1.14 bits per heavy atom. The topological polar surface area (TPSA) is 110 Å². The molecule has 0 aliphatic carbocycles. The van der Waals surface area contributed by atoms with E-state index in [1.165, 1.54) is 0 Å². The lowest BCUT2D eigenvalue weighted by atomic mass is 10.1. The maximum atomic E-state index is 10.7. The number of benzene rings is 2. The number of carbonyl (C=O) groups is 2. The lowest BCUT2D eigenvalue weighted by molar-refractivity contribution is -0.137. The summed E-state index contributed by atoms with van der Waals surface area (Å²) in [6, 6.07) is 19.6. The number of hydrogen-bond acceptors (Lipinski definition) is 5. The Kier molecular flexibility index (Phi) is 8.05. The van der Waals surface area contributed by atoms with Gasteiger partial charge in [-0.2, -0.15) is 0 Å². The van der Waals surface area contributed by atoms with Crippen molar-refractivity contribution in [3.05, 3.63) is 95.3 Å². The molecule has 2 aromatic heterocycles. The Labute approximate surface area is 214 Å².